The number of nitrogens with one attached hydrogen (secondary N) is 1. The molecule has 0 radical (unpaired) electrons. The van der Waals surface area contributed by atoms with Crippen molar-refractivity contribution in [2.75, 3.05) is 5.32 Å². The van der Waals surface area contributed by atoms with E-state index < -0.39 is 0 Å². The van der Waals surface area contributed by atoms with Crippen LogP contribution in [0.15, 0.2) is 70.1 Å². The molecule has 0 bridgehead atoms. The lowest BCUT2D eigenvalue weighted by Gasteiger charge is -2.13. The average molecular weight is 473 g/mol. The fraction of sp³-hybridized carbons (Fsp3) is 0.160. The molecule has 2 aromatic carbocycles. The van der Waals surface area contributed by atoms with Crippen LogP contribution in [-0.2, 0) is 13.1 Å². The molecule has 0 amide bonds. The van der Waals surface area contributed by atoms with E-state index in [-0.39, 0.29) is 5.56 Å². The van der Waals surface area contributed by atoms with Gasteiger partial charge < -0.3 is 9.84 Å². The molecule has 0 aliphatic rings. The van der Waals surface area contributed by atoms with Crippen molar-refractivity contribution in [1.29, 1.82) is 0 Å². The summed E-state index contributed by atoms with van der Waals surface area (Å²) in [5.41, 5.74) is 3.31. The Morgan fingerprint density at radius 3 is 2.59 bits per heavy atom. The minimum atomic E-state index is -0.173. The normalized spacial score (nSPS) is 11.1. The van der Waals surface area contributed by atoms with E-state index in [0.29, 0.717) is 58.1 Å². The van der Waals surface area contributed by atoms with Crippen molar-refractivity contribution in [2.24, 2.45) is 0 Å². The minimum absolute atomic E-state index is 0.173. The van der Waals surface area contributed by atoms with E-state index in [1.54, 1.807) is 35.9 Å². The van der Waals surface area contributed by atoms with E-state index in [1.807, 2.05) is 43.3 Å². The first-order chi connectivity index (χ1) is 16.5. The fourth-order valence-corrected chi connectivity index (χ4v) is 4.08. The molecule has 0 aliphatic carbocycles. The maximum Gasteiger partial charge on any atom is 0.260 e. The molecule has 9 heteroatoms. The van der Waals surface area contributed by atoms with Crippen molar-refractivity contribution < 1.29 is 4.52 Å². The Hall–Kier alpha value is -4.04. The Morgan fingerprint density at radius 1 is 1.06 bits per heavy atom. The lowest BCUT2D eigenvalue weighted by molar-refractivity contribution is 0.394. The van der Waals surface area contributed by atoms with Gasteiger partial charge in [0.2, 0.25) is 17.7 Å². The second-order valence-electron chi connectivity index (χ2n) is 7.75. The van der Waals surface area contributed by atoms with Crippen molar-refractivity contribution >= 4 is 28.6 Å². The third-order valence-corrected chi connectivity index (χ3v) is 5.79. The molecule has 0 atom stereocenters. The summed E-state index contributed by atoms with van der Waals surface area (Å²) in [7, 11) is 0. The highest BCUT2D eigenvalue weighted by atomic mass is 35.5. The first kappa shape index (κ1) is 21.8. The molecule has 0 fully saturated rings. The molecule has 3 aromatic heterocycles. The van der Waals surface area contributed by atoms with Crippen LogP contribution in [0.3, 0.4) is 0 Å². The zero-order chi connectivity index (χ0) is 23.7. The van der Waals surface area contributed by atoms with Gasteiger partial charge >= 0.3 is 0 Å². The second-order valence-corrected chi connectivity index (χ2v) is 8.16. The van der Waals surface area contributed by atoms with Crippen LogP contribution in [-0.4, -0.2) is 24.7 Å². The predicted octanol–water partition coefficient (Wildman–Crippen LogP) is 5.10. The fourth-order valence-electron chi connectivity index (χ4n) is 3.80. The molecular formula is C25H21ClN6O2. The van der Waals surface area contributed by atoms with Crippen LogP contribution in [0.5, 0.6) is 0 Å². The van der Waals surface area contributed by atoms with Crippen molar-refractivity contribution in [3.63, 3.8) is 0 Å². The maximum absolute atomic E-state index is 13.4. The topological polar surface area (TPSA) is 98.7 Å². The number of rotatable bonds is 6. The Labute approximate surface area is 200 Å². The summed E-state index contributed by atoms with van der Waals surface area (Å²) in [6.45, 7) is 4.67. The zero-order valence-electron chi connectivity index (χ0n) is 18.6. The van der Waals surface area contributed by atoms with Gasteiger partial charge in [0.05, 0.1) is 0 Å². The summed E-state index contributed by atoms with van der Waals surface area (Å²) in [5.74, 6) is 1.37. The Morgan fingerprint density at radius 2 is 1.88 bits per heavy atom. The van der Waals surface area contributed by atoms with Crippen molar-refractivity contribution in [3.05, 3.63) is 87.6 Å². The van der Waals surface area contributed by atoms with E-state index in [2.05, 4.69) is 25.4 Å². The van der Waals surface area contributed by atoms with Crippen molar-refractivity contribution in [1.82, 2.24) is 24.7 Å². The molecule has 34 heavy (non-hydrogen) atoms. The number of pyridine rings is 1. The summed E-state index contributed by atoms with van der Waals surface area (Å²) in [4.78, 5) is 26.7. The Balaban J connectivity index is 1.52. The lowest BCUT2D eigenvalue weighted by atomic mass is 10.0. The van der Waals surface area contributed by atoms with Gasteiger partial charge in [-0.1, -0.05) is 59.2 Å². The molecule has 8 nitrogen and oxygen atoms in total. The summed E-state index contributed by atoms with van der Waals surface area (Å²) in [5, 5.41) is 8.31. The summed E-state index contributed by atoms with van der Waals surface area (Å²) in [6, 6.07) is 17.1. The molecule has 0 spiro atoms. The molecular weight excluding hydrogens is 452 g/mol. The number of halogens is 1. The number of anilines is 1. The second kappa shape index (κ2) is 9.07. The van der Waals surface area contributed by atoms with Crippen molar-refractivity contribution in [3.8, 4) is 22.5 Å². The predicted molar refractivity (Wildman–Crippen MR) is 132 cm³/mol. The van der Waals surface area contributed by atoms with Crippen LogP contribution < -0.4 is 10.9 Å². The minimum Gasteiger partial charge on any atom is -0.350 e. The number of fused-ring (bicyclic) bond motifs is 1. The molecule has 3 heterocycles. The molecule has 0 aliphatic heterocycles. The number of aromatic nitrogens is 5. The van der Waals surface area contributed by atoms with Gasteiger partial charge in [0, 0.05) is 53.3 Å². The average Bonchev–Trinajstić information content (AvgIpc) is 3.29. The Bertz CT molecular complexity index is 1540. The number of benzene rings is 2. The summed E-state index contributed by atoms with van der Waals surface area (Å²) < 4.78 is 6.68. The molecule has 1 N–H and O–H groups in total. The van der Waals surface area contributed by atoms with Crippen LogP contribution in [0.2, 0.25) is 5.02 Å². The van der Waals surface area contributed by atoms with Crippen LogP contribution in [0, 0.1) is 6.92 Å². The first-order valence-corrected chi connectivity index (χ1v) is 11.2. The van der Waals surface area contributed by atoms with Crippen LogP contribution >= 0.6 is 11.6 Å². The van der Waals surface area contributed by atoms with Gasteiger partial charge in [0.1, 0.15) is 5.65 Å². The summed E-state index contributed by atoms with van der Waals surface area (Å²) >= 11 is 6.59. The quantitative estimate of drug-likeness (QED) is 0.367. The largest absolute Gasteiger partial charge is 0.350 e. The third-order valence-electron chi connectivity index (χ3n) is 5.48. The highest BCUT2D eigenvalue weighted by Crippen LogP contribution is 2.31. The third kappa shape index (κ3) is 4.15. The lowest BCUT2D eigenvalue weighted by Crippen LogP contribution is -2.22. The van der Waals surface area contributed by atoms with Crippen molar-refractivity contribution in [2.45, 2.75) is 26.9 Å². The molecule has 0 saturated carbocycles. The van der Waals surface area contributed by atoms with E-state index >= 15 is 0 Å². The van der Waals surface area contributed by atoms with Gasteiger partial charge in [0.25, 0.3) is 5.56 Å². The van der Waals surface area contributed by atoms with Crippen LogP contribution in [0.25, 0.3) is 33.5 Å². The van der Waals surface area contributed by atoms with E-state index in [9.17, 15) is 4.79 Å². The molecule has 5 aromatic rings. The van der Waals surface area contributed by atoms with Gasteiger partial charge in [-0.25, -0.2) is 4.98 Å². The molecule has 0 saturated heterocycles. The number of nitrogens with zero attached hydrogens (tertiary/aromatic N) is 5. The van der Waals surface area contributed by atoms with Gasteiger partial charge in [-0.15, -0.1) is 0 Å². The zero-order valence-corrected chi connectivity index (χ0v) is 19.4. The van der Waals surface area contributed by atoms with Gasteiger partial charge in [-0.05, 0) is 24.6 Å². The SMILES string of the molecule is CCn1c(=O)c(-c2ccc(-c3noc(C)n3)cc2Cl)cc2cnc(NCc3ccccc3)nc21. The van der Waals surface area contributed by atoms with E-state index in [1.165, 1.54) is 0 Å². The Kier molecular flexibility index (Phi) is 5.81. The van der Waals surface area contributed by atoms with E-state index in [4.69, 9.17) is 16.1 Å². The van der Waals surface area contributed by atoms with Gasteiger partial charge in [-0.2, -0.15) is 9.97 Å². The number of hydrogen-bond donors (Lipinski definition) is 1. The maximum atomic E-state index is 13.4. The molecule has 5 rings (SSSR count). The van der Waals surface area contributed by atoms with E-state index in [0.717, 1.165) is 10.9 Å². The first-order valence-electron chi connectivity index (χ1n) is 10.8. The smallest absolute Gasteiger partial charge is 0.260 e. The highest BCUT2D eigenvalue weighted by Gasteiger charge is 2.16. The monoisotopic (exact) mass is 472 g/mol. The summed E-state index contributed by atoms with van der Waals surface area (Å²) in [6.07, 6.45) is 1.72. The van der Waals surface area contributed by atoms with Gasteiger partial charge in [-0.3, -0.25) is 9.36 Å². The molecule has 170 valence electrons. The van der Waals surface area contributed by atoms with Crippen LogP contribution in [0.4, 0.5) is 5.95 Å². The van der Waals surface area contributed by atoms with Crippen LogP contribution in [0.1, 0.15) is 18.4 Å². The highest BCUT2D eigenvalue weighted by molar-refractivity contribution is 6.33. The molecule has 0 unspecified atom stereocenters. The standard InChI is InChI=1S/C25H21ClN6O2/c1-3-32-23-18(14-28-25(30-23)27-13-16-7-5-4-6-8-16)11-20(24(32)33)19-10-9-17(12-21(19)26)22-29-15(2)34-31-22/h4-12,14H,3,13H2,1-2H3,(H,27,28,30). The van der Waals surface area contributed by atoms with Gasteiger partial charge in [0.15, 0.2) is 0 Å². The number of hydrogen-bond acceptors (Lipinski definition) is 7. The number of aryl methyl sites for hydroxylation is 2.